The molecule has 1 N–H and O–H groups in total. The van der Waals surface area contributed by atoms with Crippen molar-refractivity contribution >= 4 is 16.1 Å². The molecular weight excluding hydrogens is 184 g/mol. The highest BCUT2D eigenvalue weighted by atomic mass is 32.2. The van der Waals surface area contributed by atoms with Gasteiger partial charge in [0.05, 0.1) is 11.2 Å². The van der Waals surface area contributed by atoms with Crippen LogP contribution in [0.2, 0.25) is 0 Å². The fourth-order valence-corrected chi connectivity index (χ4v) is 0.519. The van der Waals surface area contributed by atoms with Gasteiger partial charge < -0.3 is 4.74 Å². The third-order valence-electron chi connectivity index (χ3n) is 0.819. The summed E-state index contributed by atoms with van der Waals surface area (Å²) in [4.78, 5) is 9.62. The quantitative estimate of drug-likeness (QED) is 0.304. The Kier molecular flexibility index (Phi) is 3.65. The molecule has 0 unspecified atom stereocenters. The van der Waals surface area contributed by atoms with E-state index in [1.165, 1.54) is 0 Å². The second kappa shape index (κ2) is 4.03. The molecule has 12 heavy (non-hydrogen) atoms. The topological polar surface area (TPSA) is 80.7 Å². The molecule has 0 rings (SSSR count). The molecule has 0 aromatic rings. The van der Waals surface area contributed by atoms with E-state index in [-0.39, 0.29) is 0 Å². The molecule has 0 aliphatic rings. The Labute approximate surface area is 70.1 Å². The summed E-state index contributed by atoms with van der Waals surface area (Å²) in [6.07, 6.45) is 1.70. The van der Waals surface area contributed by atoms with Gasteiger partial charge in [-0.05, 0) is 6.08 Å². The van der Waals surface area contributed by atoms with Gasteiger partial charge in [-0.2, -0.15) is 8.42 Å². The third kappa shape index (κ3) is 4.64. The van der Waals surface area contributed by atoms with Gasteiger partial charge in [0.1, 0.15) is 0 Å². The van der Waals surface area contributed by atoms with Crippen LogP contribution in [0.5, 0.6) is 0 Å². The van der Waals surface area contributed by atoms with Crippen LogP contribution in [0, 0.1) is 0 Å². The largest absolute Gasteiger partial charge is 0.435 e. The van der Waals surface area contributed by atoms with E-state index >= 15 is 0 Å². The lowest BCUT2D eigenvalue weighted by molar-refractivity contribution is -0.135. The Hall–Kier alpha value is -1.14. The predicted molar refractivity (Wildman–Crippen MR) is 41.6 cm³/mol. The first-order chi connectivity index (χ1) is 5.34. The molecule has 0 aromatic heterocycles. The highest BCUT2D eigenvalue weighted by Gasteiger charge is 2.06. The van der Waals surface area contributed by atoms with Gasteiger partial charge >= 0.3 is 5.97 Å². The average Bonchev–Trinajstić information content (AvgIpc) is 1.84. The molecular formula is C6H8O5S. The monoisotopic (exact) mass is 192 g/mol. The number of ether oxygens (including phenoxy) is 1. The zero-order valence-corrected chi connectivity index (χ0v) is 7.17. The molecule has 0 radical (unpaired) electrons. The molecule has 6 heteroatoms. The fraction of sp³-hybridized carbons (Fsp3) is 0.167. The van der Waals surface area contributed by atoms with E-state index in [9.17, 15) is 13.2 Å². The number of rotatable bonds is 3. The first kappa shape index (κ1) is 10.9. The highest BCUT2D eigenvalue weighted by molar-refractivity contribution is 7.90. The van der Waals surface area contributed by atoms with Gasteiger partial charge in [-0.15, -0.1) is 0 Å². The van der Waals surface area contributed by atoms with E-state index in [0.717, 1.165) is 19.3 Å². The van der Waals surface area contributed by atoms with Crippen molar-refractivity contribution in [1.29, 1.82) is 0 Å². The summed E-state index contributed by atoms with van der Waals surface area (Å²) in [5, 5.41) is 0. The van der Waals surface area contributed by atoms with Gasteiger partial charge in [0.25, 0.3) is 10.1 Å². The summed E-state index contributed by atoms with van der Waals surface area (Å²) in [7, 11) is -4.27. The molecule has 0 saturated carbocycles. The van der Waals surface area contributed by atoms with Crippen molar-refractivity contribution < 1.29 is 22.5 Å². The summed E-state index contributed by atoms with van der Waals surface area (Å²) in [5.74, 6) is -0.589. The lowest BCUT2D eigenvalue weighted by Gasteiger charge is -1.93. The van der Waals surface area contributed by atoms with E-state index in [2.05, 4.69) is 11.3 Å². The van der Waals surface area contributed by atoms with Crippen molar-refractivity contribution in [2.24, 2.45) is 0 Å². The summed E-state index contributed by atoms with van der Waals surface area (Å²) < 4.78 is 33.1. The molecule has 0 heterocycles. The highest BCUT2D eigenvalue weighted by Crippen LogP contribution is 2.01. The van der Waals surface area contributed by atoms with Crippen molar-refractivity contribution in [3.63, 3.8) is 0 Å². The fourth-order valence-electron chi connectivity index (χ4n) is 0.292. The molecule has 0 amide bonds. The molecule has 0 spiro atoms. The van der Waals surface area contributed by atoms with E-state index in [4.69, 9.17) is 4.55 Å². The van der Waals surface area contributed by atoms with Gasteiger partial charge in [0, 0.05) is 6.92 Å². The van der Waals surface area contributed by atoms with E-state index in [0.29, 0.717) is 0 Å². The molecule has 0 fully saturated rings. The van der Waals surface area contributed by atoms with Gasteiger partial charge in [0.2, 0.25) is 0 Å². The third-order valence-corrected chi connectivity index (χ3v) is 1.62. The van der Waals surface area contributed by atoms with Crippen LogP contribution in [0.1, 0.15) is 6.92 Å². The lowest BCUT2D eigenvalue weighted by atomic mass is 10.6. The number of carbonyl (C=O) groups is 1. The Morgan fingerprint density at radius 2 is 2.08 bits per heavy atom. The minimum absolute atomic E-state index is 0.538. The maximum absolute atomic E-state index is 10.3. The summed E-state index contributed by atoms with van der Waals surface area (Å²) in [5.41, 5.74) is 0. The van der Waals surface area contributed by atoms with E-state index in [1.54, 1.807) is 0 Å². The van der Waals surface area contributed by atoms with Crippen LogP contribution in [-0.4, -0.2) is 18.9 Å². The van der Waals surface area contributed by atoms with Crippen LogP contribution in [0.4, 0.5) is 0 Å². The minimum atomic E-state index is -4.27. The predicted octanol–water partition coefficient (Wildman–Crippen LogP) is 0.465. The van der Waals surface area contributed by atoms with E-state index < -0.39 is 21.0 Å². The number of hydrogen-bond acceptors (Lipinski definition) is 4. The van der Waals surface area contributed by atoms with Crippen molar-refractivity contribution in [1.82, 2.24) is 0 Å². The SMILES string of the molecule is C=C(C=COC(C)=O)S(=O)(=O)O. The number of carbonyl (C=O) groups excluding carboxylic acids is 1. The van der Waals surface area contributed by atoms with Crippen LogP contribution in [0.3, 0.4) is 0 Å². The zero-order valence-electron chi connectivity index (χ0n) is 6.35. The van der Waals surface area contributed by atoms with Gasteiger partial charge in [-0.3, -0.25) is 9.35 Å². The molecule has 0 aliphatic heterocycles. The summed E-state index contributed by atoms with van der Waals surface area (Å²) >= 11 is 0. The number of allylic oxidation sites excluding steroid dienone is 1. The average molecular weight is 192 g/mol. The lowest BCUT2D eigenvalue weighted by Crippen LogP contribution is -1.98. The summed E-state index contributed by atoms with van der Waals surface area (Å²) in [6.45, 7) is 4.16. The van der Waals surface area contributed by atoms with Crippen LogP contribution in [-0.2, 0) is 19.6 Å². The molecule has 68 valence electrons. The van der Waals surface area contributed by atoms with Crippen molar-refractivity contribution in [3.8, 4) is 0 Å². The minimum Gasteiger partial charge on any atom is -0.435 e. The van der Waals surface area contributed by atoms with Crippen LogP contribution in [0.25, 0.3) is 0 Å². The zero-order chi connectivity index (χ0) is 9.78. The van der Waals surface area contributed by atoms with Crippen LogP contribution < -0.4 is 0 Å². The Morgan fingerprint density at radius 3 is 2.42 bits per heavy atom. The summed E-state index contributed by atoms with van der Waals surface area (Å²) in [6, 6.07) is 0. The van der Waals surface area contributed by atoms with Gasteiger partial charge in [-0.1, -0.05) is 6.58 Å². The Balaban J connectivity index is 4.21. The standard InChI is InChI=1S/C6H8O5S/c1-5(12(8,9)10)3-4-11-6(2)7/h3-4H,1H2,2H3,(H,8,9,10). The Bertz CT molecular complexity index is 311. The maximum atomic E-state index is 10.3. The van der Waals surface area contributed by atoms with Crippen LogP contribution >= 0.6 is 0 Å². The molecule has 0 atom stereocenters. The van der Waals surface area contributed by atoms with Crippen molar-refractivity contribution in [2.45, 2.75) is 6.92 Å². The molecule has 0 aromatic carbocycles. The van der Waals surface area contributed by atoms with Crippen molar-refractivity contribution in [3.05, 3.63) is 23.8 Å². The van der Waals surface area contributed by atoms with E-state index in [1.807, 2.05) is 0 Å². The van der Waals surface area contributed by atoms with Gasteiger partial charge in [0.15, 0.2) is 0 Å². The van der Waals surface area contributed by atoms with Crippen LogP contribution in [0.15, 0.2) is 23.8 Å². The Morgan fingerprint density at radius 1 is 1.58 bits per heavy atom. The molecule has 0 aliphatic carbocycles. The maximum Gasteiger partial charge on any atom is 0.307 e. The first-order valence-corrected chi connectivity index (χ1v) is 4.28. The first-order valence-electron chi connectivity index (χ1n) is 2.84. The van der Waals surface area contributed by atoms with Crippen molar-refractivity contribution in [2.75, 3.05) is 0 Å². The normalized spacial score (nSPS) is 11.5. The molecule has 0 bridgehead atoms. The number of esters is 1. The van der Waals surface area contributed by atoms with Gasteiger partial charge in [-0.25, -0.2) is 0 Å². The number of hydrogen-bond donors (Lipinski definition) is 1. The molecule has 5 nitrogen and oxygen atoms in total. The second-order valence-corrected chi connectivity index (χ2v) is 3.33. The smallest absolute Gasteiger partial charge is 0.307 e. The molecule has 0 saturated heterocycles. The second-order valence-electron chi connectivity index (χ2n) is 1.85.